The number of ether oxygens (including phenoxy) is 2. The summed E-state index contributed by atoms with van der Waals surface area (Å²) in [6.07, 6.45) is 6.45. The number of likely N-dealkylation sites (tertiary alicyclic amines) is 1. The van der Waals surface area contributed by atoms with E-state index in [4.69, 9.17) is 49.3 Å². The van der Waals surface area contributed by atoms with Crippen molar-refractivity contribution in [3.63, 3.8) is 0 Å². The number of hydrogen-bond donors (Lipinski definition) is 1. The van der Waals surface area contributed by atoms with Crippen LogP contribution in [0.2, 0.25) is 15.1 Å². The maximum atomic E-state index is 14.8. The zero-order chi connectivity index (χ0) is 39.0. The van der Waals surface area contributed by atoms with Crippen molar-refractivity contribution in [3.05, 3.63) is 86.0 Å². The topological polar surface area (TPSA) is 104 Å². The van der Waals surface area contributed by atoms with Gasteiger partial charge in [0.15, 0.2) is 5.75 Å². The van der Waals surface area contributed by atoms with Crippen molar-refractivity contribution in [1.29, 1.82) is 0 Å². The zero-order valence-corrected chi connectivity index (χ0v) is 34.2. The molecule has 7 rings (SSSR count). The molecule has 1 aromatic heterocycles. The first-order valence-electron chi connectivity index (χ1n) is 19.4. The first-order valence-corrected chi connectivity index (χ1v) is 20.5. The summed E-state index contributed by atoms with van der Waals surface area (Å²) in [5.41, 5.74) is 3.04. The Balaban J connectivity index is 1.08. The van der Waals surface area contributed by atoms with Crippen molar-refractivity contribution in [2.24, 2.45) is 11.8 Å². The second-order valence-electron chi connectivity index (χ2n) is 16.5. The van der Waals surface area contributed by atoms with Gasteiger partial charge in [0.05, 0.1) is 22.5 Å². The fourth-order valence-corrected chi connectivity index (χ4v) is 8.47. The number of amides is 3. The van der Waals surface area contributed by atoms with Crippen LogP contribution in [0.25, 0.3) is 0 Å². The lowest BCUT2D eigenvalue weighted by atomic mass is 9.80. The average Bonchev–Trinajstić information content (AvgIpc) is 4.09. The van der Waals surface area contributed by atoms with E-state index in [1.54, 1.807) is 4.90 Å². The third-order valence-corrected chi connectivity index (χ3v) is 11.7. The summed E-state index contributed by atoms with van der Waals surface area (Å²) in [6, 6.07) is 13.6. The molecule has 55 heavy (non-hydrogen) atoms. The Morgan fingerprint density at radius 2 is 1.65 bits per heavy atom. The third-order valence-electron chi connectivity index (χ3n) is 10.8. The van der Waals surface area contributed by atoms with E-state index in [0.717, 1.165) is 66.7 Å². The first kappa shape index (κ1) is 39.5. The van der Waals surface area contributed by atoms with Crippen LogP contribution in [0.5, 0.6) is 5.75 Å². The van der Waals surface area contributed by atoms with Crippen LogP contribution in [0, 0.1) is 18.8 Å². The van der Waals surface area contributed by atoms with E-state index in [9.17, 15) is 14.4 Å². The molecule has 2 aliphatic carbocycles. The molecular formula is C42H50Cl3N5O5. The first-order chi connectivity index (χ1) is 26.2. The van der Waals surface area contributed by atoms with Gasteiger partial charge in [0.25, 0.3) is 0 Å². The summed E-state index contributed by atoms with van der Waals surface area (Å²) in [6.45, 7) is 10.3. The summed E-state index contributed by atoms with van der Waals surface area (Å²) < 4.78 is 12.0. The Bertz CT molecular complexity index is 1890. The Morgan fingerprint density at radius 3 is 2.31 bits per heavy atom. The molecule has 3 aromatic rings. The third kappa shape index (κ3) is 9.81. The fourth-order valence-electron chi connectivity index (χ4n) is 7.60. The molecule has 2 aromatic carbocycles. The molecule has 0 radical (unpaired) electrons. The van der Waals surface area contributed by atoms with Gasteiger partial charge in [-0.1, -0.05) is 53.0 Å². The van der Waals surface area contributed by atoms with Gasteiger partial charge in [-0.2, -0.15) is 0 Å². The largest absolute Gasteiger partial charge is 0.485 e. The second kappa shape index (κ2) is 16.4. The predicted molar refractivity (Wildman–Crippen MR) is 215 cm³/mol. The minimum absolute atomic E-state index is 0.0127. The number of aromatic nitrogens is 1. The number of pyridine rings is 1. The lowest BCUT2D eigenvalue weighted by Crippen LogP contribution is -2.51. The Morgan fingerprint density at radius 1 is 0.909 bits per heavy atom. The zero-order valence-electron chi connectivity index (χ0n) is 32.0. The number of benzene rings is 2. The van der Waals surface area contributed by atoms with Crippen LogP contribution in [0.4, 0.5) is 10.6 Å². The smallest absolute Gasteiger partial charge is 0.410 e. The normalized spacial score (nSPS) is 21.3. The summed E-state index contributed by atoms with van der Waals surface area (Å²) >= 11 is 19.7. The summed E-state index contributed by atoms with van der Waals surface area (Å²) in [7, 11) is 0. The number of aryl methyl sites for hydroxylation is 1. The van der Waals surface area contributed by atoms with E-state index >= 15 is 0 Å². The van der Waals surface area contributed by atoms with Crippen molar-refractivity contribution < 1.29 is 23.9 Å². The number of hydrogen-bond acceptors (Lipinski definition) is 7. The number of nitrogens with zero attached hydrogens (tertiary/aromatic N) is 4. The Hall–Kier alpha value is -3.73. The van der Waals surface area contributed by atoms with Gasteiger partial charge in [0.2, 0.25) is 11.8 Å². The highest BCUT2D eigenvalue weighted by Gasteiger charge is 2.44. The van der Waals surface area contributed by atoms with Crippen LogP contribution in [0.1, 0.15) is 87.5 Å². The van der Waals surface area contributed by atoms with Gasteiger partial charge < -0.3 is 29.5 Å². The van der Waals surface area contributed by atoms with Crippen molar-refractivity contribution in [1.82, 2.24) is 20.1 Å². The molecule has 13 heteroatoms. The van der Waals surface area contributed by atoms with E-state index < -0.39 is 17.6 Å². The number of rotatable bonds is 11. The maximum Gasteiger partial charge on any atom is 0.410 e. The minimum atomic E-state index is -0.661. The molecule has 4 aliphatic rings. The quantitative estimate of drug-likeness (QED) is 0.207. The van der Waals surface area contributed by atoms with E-state index in [1.165, 1.54) is 0 Å². The number of piperidine rings is 1. The molecular weight excluding hydrogens is 761 g/mol. The molecule has 2 saturated heterocycles. The predicted octanol–water partition coefficient (Wildman–Crippen LogP) is 8.57. The lowest BCUT2D eigenvalue weighted by molar-refractivity contribution is -0.139. The van der Waals surface area contributed by atoms with Crippen LogP contribution in [-0.2, 0) is 27.4 Å². The molecule has 10 nitrogen and oxygen atoms in total. The Labute approximate surface area is 338 Å². The standard InChI is InChI=1S/C42H50Cl3N5O5/c1-25-17-35(44)38(36(45)18-25)54-31-13-15-48(23-31)37-12-8-28(21-46-37)32-14-16-49(41(53)55-42(2,3)4)24-33(32)40(52)50(30-9-10-30)22-29-19-26(5-11-34(29)43)20-47-39(51)27-6-7-27/h5,8,11-12,17-19,21,27,30-33H,6-7,9-10,13-16,20,22-24H2,1-4H3,(H,47,51)/t31-,32-,33+/m1/s1. The average molecular weight is 811 g/mol. The number of halogens is 3. The van der Waals surface area contributed by atoms with Crippen LogP contribution in [-0.4, -0.2) is 76.6 Å². The van der Waals surface area contributed by atoms with Crippen LogP contribution >= 0.6 is 34.8 Å². The van der Waals surface area contributed by atoms with Gasteiger partial charge in [0.1, 0.15) is 17.5 Å². The van der Waals surface area contributed by atoms with Gasteiger partial charge in [-0.3, -0.25) is 9.59 Å². The van der Waals surface area contributed by atoms with Gasteiger partial charge in [-0.25, -0.2) is 9.78 Å². The summed E-state index contributed by atoms with van der Waals surface area (Å²) in [4.78, 5) is 51.2. The molecule has 3 atom stereocenters. The SMILES string of the molecule is Cc1cc(Cl)c(O[C@@H]2CCN(c3ccc([C@H]4CCN(C(=O)OC(C)(C)C)C[C@@H]4C(=O)N(Cc4cc(CNC(=O)C5CC5)ccc4Cl)C4CC4)cn3)C2)c(Cl)c1. The van der Waals surface area contributed by atoms with Gasteiger partial charge in [0, 0.05) is 68.2 Å². The molecule has 1 N–H and O–H groups in total. The summed E-state index contributed by atoms with van der Waals surface area (Å²) in [5, 5.41) is 4.60. The van der Waals surface area contributed by atoms with Crippen molar-refractivity contribution in [2.45, 2.75) is 103 Å². The maximum absolute atomic E-state index is 14.8. The Kier molecular flexibility index (Phi) is 11.8. The van der Waals surface area contributed by atoms with E-state index in [0.29, 0.717) is 53.4 Å². The lowest BCUT2D eigenvalue weighted by Gasteiger charge is -2.40. The number of carbonyl (C=O) groups is 3. The monoisotopic (exact) mass is 809 g/mol. The molecule has 294 valence electrons. The molecule has 4 fully saturated rings. The van der Waals surface area contributed by atoms with Crippen molar-refractivity contribution in [3.8, 4) is 5.75 Å². The molecule has 0 spiro atoms. The van der Waals surface area contributed by atoms with Crippen LogP contribution < -0.4 is 15.0 Å². The number of carbonyl (C=O) groups excluding carboxylic acids is 3. The van der Waals surface area contributed by atoms with E-state index in [2.05, 4.69) is 16.3 Å². The van der Waals surface area contributed by atoms with E-state index in [-0.39, 0.29) is 42.3 Å². The van der Waals surface area contributed by atoms with Crippen LogP contribution in [0.3, 0.4) is 0 Å². The van der Waals surface area contributed by atoms with Gasteiger partial charge in [-0.05, 0) is 106 Å². The van der Waals surface area contributed by atoms with Gasteiger partial charge >= 0.3 is 6.09 Å². The highest BCUT2D eigenvalue weighted by atomic mass is 35.5. The minimum Gasteiger partial charge on any atom is -0.485 e. The van der Waals surface area contributed by atoms with Gasteiger partial charge in [-0.15, -0.1) is 0 Å². The summed E-state index contributed by atoms with van der Waals surface area (Å²) in [5.74, 6) is 0.858. The highest BCUT2D eigenvalue weighted by Crippen LogP contribution is 2.40. The second-order valence-corrected chi connectivity index (χ2v) is 17.7. The molecule has 3 amide bonds. The molecule has 2 aliphatic heterocycles. The fraction of sp³-hybridized carbons (Fsp3) is 0.524. The molecule has 2 saturated carbocycles. The van der Waals surface area contributed by atoms with Crippen LogP contribution in [0.15, 0.2) is 48.7 Å². The van der Waals surface area contributed by atoms with E-state index in [1.807, 2.05) is 75.2 Å². The molecule has 0 unspecified atom stereocenters. The van der Waals surface area contributed by atoms with Crippen molar-refractivity contribution in [2.75, 3.05) is 31.1 Å². The molecule has 3 heterocycles. The van der Waals surface area contributed by atoms with Crippen molar-refractivity contribution >= 4 is 58.5 Å². The highest BCUT2D eigenvalue weighted by molar-refractivity contribution is 6.37. The molecule has 0 bridgehead atoms. The number of nitrogens with one attached hydrogen (secondary N) is 1. The number of anilines is 1.